The van der Waals surface area contributed by atoms with Crippen molar-refractivity contribution in [3.8, 4) is 0 Å². The predicted octanol–water partition coefficient (Wildman–Crippen LogP) is 1.89. The van der Waals surface area contributed by atoms with Crippen LogP contribution in [0.25, 0.3) is 10.9 Å². The molecule has 2 atom stereocenters. The Hall–Kier alpha value is -1.20. The Labute approximate surface area is 90.0 Å². The first-order valence-electron chi connectivity index (χ1n) is 4.69. The van der Waals surface area contributed by atoms with Crippen LogP contribution in [0.2, 0.25) is 0 Å². The standard InChI is InChI=1S/C10H12N2O2S/c1-7(6-15(13)14)10-8-4-2-3-5-9(8)11-12-10/h2-5,7H,6H2,1H3,(H,11,12)(H,13,14). The van der Waals surface area contributed by atoms with E-state index in [9.17, 15) is 4.21 Å². The fourth-order valence-corrected chi connectivity index (χ4v) is 2.25. The predicted molar refractivity (Wildman–Crippen MR) is 60.1 cm³/mol. The summed E-state index contributed by atoms with van der Waals surface area (Å²) in [6.07, 6.45) is 0. The molecule has 15 heavy (non-hydrogen) atoms. The Morgan fingerprint density at radius 1 is 1.53 bits per heavy atom. The van der Waals surface area contributed by atoms with E-state index in [1.165, 1.54) is 0 Å². The molecule has 0 aliphatic carbocycles. The molecular formula is C10H12N2O2S. The van der Waals surface area contributed by atoms with E-state index in [0.29, 0.717) is 0 Å². The van der Waals surface area contributed by atoms with Gasteiger partial charge in [0.05, 0.1) is 11.3 Å². The summed E-state index contributed by atoms with van der Waals surface area (Å²) in [7, 11) is 0. The van der Waals surface area contributed by atoms with Gasteiger partial charge in [0.15, 0.2) is 11.1 Å². The number of benzene rings is 1. The molecule has 0 saturated heterocycles. The van der Waals surface area contributed by atoms with Crippen LogP contribution in [0.1, 0.15) is 18.5 Å². The maximum atomic E-state index is 10.7. The maximum absolute atomic E-state index is 10.7. The van der Waals surface area contributed by atoms with Crippen LogP contribution in [0.3, 0.4) is 0 Å². The molecule has 2 N–H and O–H groups in total. The molecule has 0 spiro atoms. The fraction of sp³-hybridized carbons (Fsp3) is 0.300. The number of H-pyrrole nitrogens is 1. The molecule has 5 heteroatoms. The van der Waals surface area contributed by atoms with Crippen LogP contribution in [0, 0.1) is 0 Å². The topological polar surface area (TPSA) is 66.0 Å². The van der Waals surface area contributed by atoms with Crippen molar-refractivity contribution in [3.05, 3.63) is 30.0 Å². The third kappa shape index (κ3) is 2.08. The summed E-state index contributed by atoms with van der Waals surface area (Å²) in [5.74, 6) is 0.231. The Morgan fingerprint density at radius 3 is 3.00 bits per heavy atom. The molecular weight excluding hydrogens is 212 g/mol. The van der Waals surface area contributed by atoms with Crippen LogP contribution in [0.4, 0.5) is 0 Å². The van der Waals surface area contributed by atoms with Crippen LogP contribution in [-0.4, -0.2) is 24.7 Å². The monoisotopic (exact) mass is 224 g/mol. The van der Waals surface area contributed by atoms with E-state index < -0.39 is 11.1 Å². The number of para-hydroxylation sites is 1. The number of hydrogen-bond donors (Lipinski definition) is 2. The lowest BCUT2D eigenvalue weighted by Gasteiger charge is -2.06. The molecule has 0 aliphatic rings. The SMILES string of the molecule is CC(CS(=O)O)c1[nH]nc2ccccc12. The van der Waals surface area contributed by atoms with E-state index in [4.69, 9.17) is 4.55 Å². The number of hydrogen-bond acceptors (Lipinski definition) is 2. The third-order valence-electron chi connectivity index (χ3n) is 2.38. The van der Waals surface area contributed by atoms with Gasteiger partial charge in [-0.05, 0) is 6.07 Å². The van der Waals surface area contributed by atoms with Gasteiger partial charge in [-0.15, -0.1) is 0 Å². The van der Waals surface area contributed by atoms with E-state index in [1.807, 2.05) is 31.2 Å². The molecule has 2 unspecified atom stereocenters. The summed E-state index contributed by atoms with van der Waals surface area (Å²) in [6, 6.07) is 7.73. The van der Waals surface area contributed by atoms with Crippen LogP contribution in [0.5, 0.6) is 0 Å². The summed E-state index contributed by atoms with van der Waals surface area (Å²) < 4.78 is 19.5. The van der Waals surface area contributed by atoms with Crippen LogP contribution in [0.15, 0.2) is 24.3 Å². The number of nitrogens with zero attached hydrogens (tertiary/aromatic N) is 1. The highest BCUT2D eigenvalue weighted by Crippen LogP contribution is 2.23. The van der Waals surface area contributed by atoms with Crippen molar-refractivity contribution < 1.29 is 8.76 Å². The maximum Gasteiger partial charge on any atom is 0.153 e. The average Bonchev–Trinajstić information content (AvgIpc) is 2.59. The minimum atomic E-state index is -1.77. The highest BCUT2D eigenvalue weighted by Gasteiger charge is 2.14. The Morgan fingerprint density at radius 2 is 2.27 bits per heavy atom. The normalized spacial score (nSPS) is 15.3. The molecule has 2 aromatic rings. The van der Waals surface area contributed by atoms with Crippen molar-refractivity contribution in [2.75, 3.05) is 5.75 Å². The molecule has 0 bridgehead atoms. The molecule has 1 heterocycles. The zero-order valence-electron chi connectivity index (χ0n) is 8.30. The summed E-state index contributed by atoms with van der Waals surface area (Å²) in [5.41, 5.74) is 1.82. The Kier molecular flexibility index (Phi) is 2.83. The zero-order chi connectivity index (χ0) is 10.8. The molecule has 1 aromatic heterocycles. The van der Waals surface area contributed by atoms with E-state index in [-0.39, 0.29) is 11.7 Å². The van der Waals surface area contributed by atoms with Gasteiger partial charge in [0.1, 0.15) is 0 Å². The first-order chi connectivity index (χ1) is 7.18. The lowest BCUT2D eigenvalue weighted by Crippen LogP contribution is -2.06. The molecule has 0 amide bonds. The minimum absolute atomic E-state index is 0.00299. The van der Waals surface area contributed by atoms with Gasteiger partial charge in [-0.3, -0.25) is 5.10 Å². The van der Waals surface area contributed by atoms with Crippen molar-refractivity contribution in [3.63, 3.8) is 0 Å². The number of aromatic nitrogens is 2. The van der Waals surface area contributed by atoms with E-state index in [0.717, 1.165) is 16.6 Å². The molecule has 0 fully saturated rings. The second kappa shape index (κ2) is 4.12. The number of fused-ring (bicyclic) bond motifs is 1. The van der Waals surface area contributed by atoms with Crippen LogP contribution < -0.4 is 0 Å². The summed E-state index contributed by atoms with van der Waals surface area (Å²) in [4.78, 5) is 0. The van der Waals surface area contributed by atoms with Gasteiger partial charge >= 0.3 is 0 Å². The van der Waals surface area contributed by atoms with E-state index in [2.05, 4.69) is 10.2 Å². The Bertz CT molecular complexity index is 495. The molecule has 2 rings (SSSR count). The first kappa shape index (κ1) is 10.3. The average molecular weight is 224 g/mol. The molecule has 0 radical (unpaired) electrons. The fourth-order valence-electron chi connectivity index (χ4n) is 1.65. The smallest absolute Gasteiger partial charge is 0.153 e. The molecule has 1 aromatic carbocycles. The van der Waals surface area contributed by atoms with Gasteiger partial charge in [-0.1, -0.05) is 25.1 Å². The van der Waals surface area contributed by atoms with Crippen molar-refractivity contribution in [1.82, 2.24) is 10.2 Å². The molecule has 0 saturated carbocycles. The second-order valence-corrected chi connectivity index (χ2v) is 4.52. The van der Waals surface area contributed by atoms with Gasteiger partial charge in [-0.25, -0.2) is 4.21 Å². The van der Waals surface area contributed by atoms with Crippen molar-refractivity contribution in [1.29, 1.82) is 0 Å². The summed E-state index contributed by atoms with van der Waals surface area (Å²) in [5, 5.41) is 8.09. The number of nitrogens with one attached hydrogen (secondary N) is 1. The van der Waals surface area contributed by atoms with Crippen LogP contribution >= 0.6 is 0 Å². The minimum Gasteiger partial charge on any atom is -0.306 e. The van der Waals surface area contributed by atoms with Gasteiger partial charge in [-0.2, -0.15) is 5.10 Å². The van der Waals surface area contributed by atoms with Crippen molar-refractivity contribution in [2.45, 2.75) is 12.8 Å². The van der Waals surface area contributed by atoms with Crippen LogP contribution in [-0.2, 0) is 11.1 Å². The third-order valence-corrected chi connectivity index (χ3v) is 3.16. The van der Waals surface area contributed by atoms with E-state index >= 15 is 0 Å². The lowest BCUT2D eigenvalue weighted by atomic mass is 10.1. The zero-order valence-corrected chi connectivity index (χ0v) is 9.12. The highest BCUT2D eigenvalue weighted by molar-refractivity contribution is 7.79. The number of rotatable bonds is 3. The van der Waals surface area contributed by atoms with E-state index in [1.54, 1.807) is 0 Å². The van der Waals surface area contributed by atoms with Gasteiger partial charge in [0.25, 0.3) is 0 Å². The van der Waals surface area contributed by atoms with Crippen molar-refractivity contribution in [2.24, 2.45) is 0 Å². The quantitative estimate of drug-likeness (QED) is 0.782. The summed E-state index contributed by atoms with van der Waals surface area (Å²) in [6.45, 7) is 1.91. The largest absolute Gasteiger partial charge is 0.306 e. The summed E-state index contributed by atoms with van der Waals surface area (Å²) >= 11 is -1.77. The number of aromatic amines is 1. The van der Waals surface area contributed by atoms with Crippen molar-refractivity contribution >= 4 is 22.0 Å². The second-order valence-electron chi connectivity index (χ2n) is 3.54. The molecule has 80 valence electrons. The lowest BCUT2D eigenvalue weighted by molar-refractivity contribution is 0.558. The van der Waals surface area contributed by atoms with Gasteiger partial charge in [0.2, 0.25) is 0 Å². The molecule has 4 nitrogen and oxygen atoms in total. The highest BCUT2D eigenvalue weighted by atomic mass is 32.2. The Balaban J connectivity index is 2.39. The van der Waals surface area contributed by atoms with Gasteiger partial charge in [0, 0.05) is 17.0 Å². The first-order valence-corrected chi connectivity index (χ1v) is 5.96. The molecule has 0 aliphatic heterocycles. The van der Waals surface area contributed by atoms with Gasteiger partial charge < -0.3 is 4.55 Å².